The van der Waals surface area contributed by atoms with Crippen LogP contribution in [0.1, 0.15) is 17.5 Å². The van der Waals surface area contributed by atoms with E-state index in [1.807, 2.05) is 12.1 Å². The predicted octanol–water partition coefficient (Wildman–Crippen LogP) is 3.94. The fourth-order valence-electron chi connectivity index (χ4n) is 3.74. The summed E-state index contributed by atoms with van der Waals surface area (Å²) in [6.45, 7) is -0.00920. The van der Waals surface area contributed by atoms with Gasteiger partial charge in [0, 0.05) is 17.5 Å². The van der Waals surface area contributed by atoms with Crippen molar-refractivity contribution in [3.05, 3.63) is 83.4 Å². The Morgan fingerprint density at radius 3 is 2.41 bits per heavy atom. The number of hydrogen-bond acceptors (Lipinski definition) is 4. The number of aliphatic carboxylic acids is 1. The van der Waals surface area contributed by atoms with Crippen molar-refractivity contribution in [2.75, 3.05) is 13.2 Å². The summed E-state index contributed by atoms with van der Waals surface area (Å²) in [4.78, 5) is 11.1. The van der Waals surface area contributed by atoms with Crippen molar-refractivity contribution >= 4 is 11.5 Å². The van der Waals surface area contributed by atoms with E-state index in [0.29, 0.717) is 16.9 Å². The molecule has 170 valence electrons. The molecule has 0 bridgehead atoms. The molecule has 8 heteroatoms. The topological polar surface area (TPSA) is 98.6 Å². The van der Waals surface area contributed by atoms with Gasteiger partial charge in [-0.3, -0.25) is 4.79 Å². The minimum atomic E-state index is -4.60. The summed E-state index contributed by atoms with van der Waals surface area (Å²) in [6, 6.07) is 13.5. The number of hydrogen-bond donors (Lipinski definition) is 3. The molecule has 2 aromatic rings. The minimum Gasteiger partial charge on any atom is -0.492 e. The summed E-state index contributed by atoms with van der Waals surface area (Å²) in [5.41, 5.74) is 12.5. The molecule has 5 nitrogen and oxygen atoms in total. The van der Waals surface area contributed by atoms with E-state index in [4.69, 9.17) is 21.3 Å². The second kappa shape index (κ2) is 9.58. The van der Waals surface area contributed by atoms with Gasteiger partial charge in [-0.2, -0.15) is 13.2 Å². The summed E-state index contributed by atoms with van der Waals surface area (Å²) in [7, 11) is 0. The lowest BCUT2D eigenvalue weighted by atomic mass is 9.74. The van der Waals surface area contributed by atoms with E-state index in [-0.39, 0.29) is 31.6 Å². The number of rotatable bonds is 8. The van der Waals surface area contributed by atoms with E-state index in [2.05, 4.69) is 0 Å². The number of halogens is 3. The molecular weight excluding hydrogens is 421 g/mol. The fourth-order valence-corrected chi connectivity index (χ4v) is 3.74. The first-order chi connectivity index (χ1) is 15.1. The first-order valence-electron chi connectivity index (χ1n) is 10.1. The molecule has 0 aromatic heterocycles. The molecule has 0 spiro atoms. The molecule has 1 aliphatic carbocycles. The Morgan fingerprint density at radius 1 is 1.12 bits per heavy atom. The van der Waals surface area contributed by atoms with Crippen LogP contribution in [0.2, 0.25) is 0 Å². The third-order valence-electron chi connectivity index (χ3n) is 5.45. The quantitative estimate of drug-likeness (QED) is 0.571. The summed E-state index contributed by atoms with van der Waals surface area (Å²) < 4.78 is 46.3. The maximum absolute atomic E-state index is 13.4. The van der Waals surface area contributed by atoms with Gasteiger partial charge >= 0.3 is 12.1 Å². The van der Waals surface area contributed by atoms with E-state index in [1.165, 1.54) is 6.08 Å². The van der Waals surface area contributed by atoms with Crippen LogP contribution >= 0.6 is 0 Å². The second-order valence-electron chi connectivity index (χ2n) is 7.91. The van der Waals surface area contributed by atoms with Crippen LogP contribution in [0.15, 0.2) is 72.3 Å². The molecule has 0 amide bonds. The van der Waals surface area contributed by atoms with Gasteiger partial charge in [0.1, 0.15) is 11.8 Å². The number of ether oxygens (including phenoxy) is 1. The van der Waals surface area contributed by atoms with Crippen molar-refractivity contribution in [1.82, 2.24) is 0 Å². The Hall–Kier alpha value is -3.10. The standard InChI is InChI=1S/C24H25F3N2O3/c25-24(26,27)22(29)19-10-18(16-6-2-1-3-7-16)12-23(13-19,14-28)15-32-20-9-5-4-8-17(20)11-21(30)31/h1-10,12,22H,11,13-15,28-29H2,(H,30,31)/t22-,23?/m1/s1. The van der Waals surface area contributed by atoms with Gasteiger partial charge in [0.15, 0.2) is 0 Å². The van der Waals surface area contributed by atoms with Gasteiger partial charge in [-0.15, -0.1) is 0 Å². The van der Waals surface area contributed by atoms with Gasteiger partial charge in [0.2, 0.25) is 0 Å². The predicted molar refractivity (Wildman–Crippen MR) is 116 cm³/mol. The van der Waals surface area contributed by atoms with Crippen molar-refractivity contribution in [1.29, 1.82) is 0 Å². The molecule has 0 saturated carbocycles. The van der Waals surface area contributed by atoms with Gasteiger partial charge in [0.25, 0.3) is 0 Å². The highest BCUT2D eigenvalue weighted by atomic mass is 19.4. The number of nitrogens with two attached hydrogens (primary N) is 2. The van der Waals surface area contributed by atoms with Crippen molar-refractivity contribution in [3.8, 4) is 5.75 Å². The number of carbonyl (C=O) groups is 1. The van der Waals surface area contributed by atoms with Gasteiger partial charge in [-0.05, 0) is 29.2 Å². The largest absolute Gasteiger partial charge is 0.492 e. The Labute approximate surface area is 184 Å². The number of carboxylic acids is 1. The summed E-state index contributed by atoms with van der Waals surface area (Å²) in [6.07, 6.45) is -1.56. The van der Waals surface area contributed by atoms with E-state index in [1.54, 1.807) is 48.5 Å². The van der Waals surface area contributed by atoms with Crippen molar-refractivity contribution in [2.45, 2.75) is 25.1 Å². The molecule has 5 N–H and O–H groups in total. The zero-order chi connectivity index (χ0) is 23.4. The maximum Gasteiger partial charge on any atom is 0.407 e. The number of benzene rings is 2. The Bertz CT molecular complexity index is 1020. The Morgan fingerprint density at radius 2 is 1.78 bits per heavy atom. The zero-order valence-electron chi connectivity index (χ0n) is 17.3. The van der Waals surface area contributed by atoms with Crippen LogP contribution in [0.5, 0.6) is 5.75 Å². The number of alkyl halides is 3. The van der Waals surface area contributed by atoms with Gasteiger partial charge in [0.05, 0.1) is 13.0 Å². The van der Waals surface area contributed by atoms with Crippen LogP contribution in [-0.4, -0.2) is 36.4 Å². The second-order valence-corrected chi connectivity index (χ2v) is 7.91. The van der Waals surface area contributed by atoms with Crippen LogP contribution in [0, 0.1) is 5.41 Å². The molecule has 32 heavy (non-hydrogen) atoms. The molecule has 0 saturated heterocycles. The van der Waals surface area contributed by atoms with Crippen LogP contribution < -0.4 is 16.2 Å². The van der Waals surface area contributed by atoms with Gasteiger partial charge in [-0.1, -0.05) is 60.7 Å². The van der Waals surface area contributed by atoms with Crippen LogP contribution in [0.25, 0.3) is 5.57 Å². The third-order valence-corrected chi connectivity index (χ3v) is 5.45. The van der Waals surface area contributed by atoms with E-state index in [9.17, 15) is 18.0 Å². The van der Waals surface area contributed by atoms with Gasteiger partial charge in [-0.25, -0.2) is 0 Å². The lowest BCUT2D eigenvalue weighted by Gasteiger charge is -2.36. The monoisotopic (exact) mass is 446 g/mol. The van der Waals surface area contributed by atoms with Crippen LogP contribution in [0.3, 0.4) is 0 Å². The summed E-state index contributed by atoms with van der Waals surface area (Å²) >= 11 is 0. The van der Waals surface area contributed by atoms with Crippen LogP contribution in [0.4, 0.5) is 13.2 Å². The Kier molecular flexibility index (Phi) is 7.06. The van der Waals surface area contributed by atoms with E-state index in [0.717, 1.165) is 5.56 Å². The number of carboxylic acid groups (broad SMARTS) is 1. The molecule has 0 heterocycles. The highest BCUT2D eigenvalue weighted by Crippen LogP contribution is 2.41. The first-order valence-corrected chi connectivity index (χ1v) is 10.1. The molecular formula is C24H25F3N2O3. The van der Waals surface area contributed by atoms with Gasteiger partial charge < -0.3 is 21.3 Å². The Balaban J connectivity index is 1.96. The number of para-hydroxylation sites is 1. The molecule has 1 aliphatic rings. The lowest BCUT2D eigenvalue weighted by molar-refractivity contribution is -0.140. The SMILES string of the molecule is NCC1(COc2ccccc2CC(=O)O)C=C(c2ccccc2)C=C([C@@H](N)C(F)(F)F)C1. The zero-order valence-corrected chi connectivity index (χ0v) is 17.3. The molecule has 1 unspecified atom stereocenters. The molecule has 0 radical (unpaired) electrons. The molecule has 3 rings (SSSR count). The highest BCUT2D eigenvalue weighted by Gasteiger charge is 2.43. The average Bonchev–Trinajstić information content (AvgIpc) is 2.77. The molecule has 0 fully saturated rings. The van der Waals surface area contributed by atoms with E-state index < -0.39 is 23.6 Å². The smallest absolute Gasteiger partial charge is 0.407 e. The van der Waals surface area contributed by atoms with E-state index >= 15 is 0 Å². The minimum absolute atomic E-state index is 0.0201. The fraction of sp³-hybridized carbons (Fsp3) is 0.292. The summed E-state index contributed by atoms with van der Waals surface area (Å²) in [5.74, 6) is -0.659. The van der Waals surface area contributed by atoms with Crippen molar-refractivity contribution in [2.24, 2.45) is 16.9 Å². The normalized spacial score (nSPS) is 19.7. The lowest BCUT2D eigenvalue weighted by Crippen LogP contribution is -2.44. The highest BCUT2D eigenvalue weighted by molar-refractivity contribution is 5.77. The molecule has 2 atom stereocenters. The molecule has 2 aromatic carbocycles. The van der Waals surface area contributed by atoms with Crippen molar-refractivity contribution < 1.29 is 27.8 Å². The maximum atomic E-state index is 13.4. The first kappa shape index (κ1) is 23.6. The molecule has 0 aliphatic heterocycles. The van der Waals surface area contributed by atoms with Crippen molar-refractivity contribution in [3.63, 3.8) is 0 Å². The number of allylic oxidation sites excluding steroid dienone is 2. The summed E-state index contributed by atoms with van der Waals surface area (Å²) in [5, 5.41) is 9.13. The average molecular weight is 446 g/mol. The van der Waals surface area contributed by atoms with Crippen LogP contribution in [-0.2, 0) is 11.2 Å². The third kappa shape index (κ3) is 5.57.